The lowest BCUT2D eigenvalue weighted by Gasteiger charge is -2.34. The number of ether oxygens (including phenoxy) is 1. The summed E-state index contributed by atoms with van der Waals surface area (Å²) in [4.78, 5) is 14.1. The fourth-order valence-corrected chi connectivity index (χ4v) is 3.42. The lowest BCUT2D eigenvalue weighted by atomic mass is 9.92. The number of benzene rings is 2. The van der Waals surface area contributed by atoms with Gasteiger partial charge in [-0.1, -0.05) is 41.4 Å². The van der Waals surface area contributed by atoms with Gasteiger partial charge in [0.15, 0.2) is 0 Å². The number of nitrogen functional groups attached to an aromatic ring is 1. The van der Waals surface area contributed by atoms with Gasteiger partial charge < -0.3 is 10.5 Å². The number of amides is 1. The summed E-state index contributed by atoms with van der Waals surface area (Å²) in [5.41, 5.74) is 9.73. The first-order valence-electron chi connectivity index (χ1n) is 8.44. The van der Waals surface area contributed by atoms with E-state index in [4.69, 9.17) is 33.7 Å². The van der Waals surface area contributed by atoms with E-state index >= 15 is 0 Å². The van der Waals surface area contributed by atoms with E-state index < -0.39 is 0 Å². The molecule has 0 fully saturated rings. The maximum Gasteiger partial charge on any atom is 0.410 e. The van der Waals surface area contributed by atoms with Crippen molar-refractivity contribution in [3.63, 3.8) is 0 Å². The molecule has 2 N–H and O–H groups in total. The highest BCUT2D eigenvalue weighted by Gasteiger charge is 2.29. The maximum atomic E-state index is 12.4. The first-order chi connectivity index (χ1) is 12.5. The molecule has 4 nitrogen and oxygen atoms in total. The Morgan fingerprint density at radius 2 is 1.88 bits per heavy atom. The third-order valence-electron chi connectivity index (χ3n) is 4.39. The number of rotatable bonds is 3. The van der Waals surface area contributed by atoms with Crippen molar-refractivity contribution in [2.75, 3.05) is 18.9 Å². The van der Waals surface area contributed by atoms with Gasteiger partial charge in [-0.25, -0.2) is 4.79 Å². The summed E-state index contributed by atoms with van der Waals surface area (Å²) >= 11 is 12.2. The minimum atomic E-state index is -0.332. The number of carbonyl (C=O) groups is 1. The van der Waals surface area contributed by atoms with Gasteiger partial charge in [0.05, 0.1) is 12.6 Å². The number of anilines is 1. The van der Waals surface area contributed by atoms with Crippen LogP contribution in [0.5, 0.6) is 0 Å². The SMILES string of the molecule is CCOC(=O)N1CCC(c2cc(Cl)ccc2N)=CC1c1ccc(Cl)cc1. The van der Waals surface area contributed by atoms with Crippen molar-refractivity contribution in [3.05, 3.63) is 69.7 Å². The zero-order chi connectivity index (χ0) is 18.7. The van der Waals surface area contributed by atoms with Gasteiger partial charge in [-0.15, -0.1) is 0 Å². The molecule has 0 spiro atoms. The second kappa shape index (κ2) is 8.02. The first-order valence-corrected chi connectivity index (χ1v) is 9.20. The Morgan fingerprint density at radius 1 is 1.19 bits per heavy atom. The van der Waals surface area contributed by atoms with E-state index in [0.29, 0.717) is 35.3 Å². The Morgan fingerprint density at radius 3 is 2.58 bits per heavy atom. The standard InChI is InChI=1S/C20H20Cl2N2O2/c1-2-26-20(25)24-10-9-14(17-12-16(22)7-8-18(17)23)11-19(24)13-3-5-15(21)6-4-13/h3-8,11-12,19H,2,9-10,23H2,1H3. The van der Waals surface area contributed by atoms with Gasteiger partial charge >= 0.3 is 6.09 Å². The monoisotopic (exact) mass is 390 g/mol. The highest BCUT2D eigenvalue weighted by Crippen LogP contribution is 2.37. The maximum absolute atomic E-state index is 12.4. The summed E-state index contributed by atoms with van der Waals surface area (Å²) in [6.07, 6.45) is 2.39. The van der Waals surface area contributed by atoms with Crippen molar-refractivity contribution in [1.82, 2.24) is 4.90 Å². The van der Waals surface area contributed by atoms with E-state index in [1.807, 2.05) is 36.4 Å². The van der Waals surface area contributed by atoms with Gasteiger partial charge in [0.1, 0.15) is 0 Å². The summed E-state index contributed by atoms with van der Waals surface area (Å²) in [5.74, 6) is 0. The molecule has 1 amide bonds. The van der Waals surface area contributed by atoms with Gasteiger partial charge in [0.2, 0.25) is 0 Å². The van der Waals surface area contributed by atoms with E-state index in [9.17, 15) is 4.79 Å². The van der Waals surface area contributed by atoms with E-state index in [1.165, 1.54) is 0 Å². The van der Waals surface area contributed by atoms with Crippen LogP contribution in [0.25, 0.3) is 5.57 Å². The van der Waals surface area contributed by atoms with Crippen LogP contribution in [0.4, 0.5) is 10.5 Å². The molecule has 0 aliphatic carbocycles. The molecule has 26 heavy (non-hydrogen) atoms. The molecule has 2 aromatic rings. The van der Waals surface area contributed by atoms with Gasteiger partial charge in [-0.05, 0) is 54.8 Å². The molecule has 0 saturated carbocycles. The fourth-order valence-electron chi connectivity index (χ4n) is 3.12. The van der Waals surface area contributed by atoms with Gasteiger partial charge in [-0.3, -0.25) is 4.90 Å². The first kappa shape index (κ1) is 18.6. The minimum absolute atomic E-state index is 0.256. The minimum Gasteiger partial charge on any atom is -0.450 e. The van der Waals surface area contributed by atoms with Crippen LogP contribution in [0.1, 0.15) is 30.5 Å². The van der Waals surface area contributed by atoms with Gasteiger partial charge in [0.25, 0.3) is 0 Å². The average Bonchev–Trinajstić information content (AvgIpc) is 2.64. The smallest absolute Gasteiger partial charge is 0.410 e. The number of halogens is 2. The van der Waals surface area contributed by atoms with Crippen LogP contribution in [-0.4, -0.2) is 24.1 Å². The van der Waals surface area contributed by atoms with E-state index in [-0.39, 0.29) is 12.1 Å². The van der Waals surface area contributed by atoms with Gasteiger partial charge in [0, 0.05) is 27.8 Å². The number of carbonyl (C=O) groups excluding carboxylic acids is 1. The van der Waals surface area contributed by atoms with Crippen molar-refractivity contribution in [2.45, 2.75) is 19.4 Å². The molecule has 2 aromatic carbocycles. The predicted molar refractivity (Wildman–Crippen MR) is 106 cm³/mol. The molecule has 0 saturated heterocycles. The van der Waals surface area contributed by atoms with Crippen LogP contribution in [0.2, 0.25) is 10.0 Å². The summed E-state index contributed by atoms with van der Waals surface area (Å²) in [5, 5.41) is 1.28. The fraction of sp³-hybridized carbons (Fsp3) is 0.250. The van der Waals surface area contributed by atoms with Crippen LogP contribution < -0.4 is 5.73 Å². The molecule has 6 heteroatoms. The van der Waals surface area contributed by atoms with Crippen LogP contribution >= 0.6 is 23.2 Å². The number of hydrogen-bond acceptors (Lipinski definition) is 3. The van der Waals surface area contributed by atoms with Crippen LogP contribution in [0.3, 0.4) is 0 Å². The third kappa shape index (κ3) is 3.97. The van der Waals surface area contributed by atoms with Crippen molar-refractivity contribution in [3.8, 4) is 0 Å². The normalized spacial score (nSPS) is 17.0. The summed E-state index contributed by atoms with van der Waals surface area (Å²) < 4.78 is 5.23. The molecule has 1 heterocycles. The van der Waals surface area contributed by atoms with Gasteiger partial charge in [-0.2, -0.15) is 0 Å². The van der Waals surface area contributed by atoms with Crippen molar-refractivity contribution in [2.24, 2.45) is 0 Å². The zero-order valence-electron chi connectivity index (χ0n) is 14.4. The number of hydrogen-bond donors (Lipinski definition) is 1. The summed E-state index contributed by atoms with van der Waals surface area (Å²) in [6.45, 7) is 2.66. The molecule has 136 valence electrons. The summed E-state index contributed by atoms with van der Waals surface area (Å²) in [7, 11) is 0. The molecule has 0 radical (unpaired) electrons. The third-order valence-corrected chi connectivity index (χ3v) is 4.88. The lowest BCUT2D eigenvalue weighted by Crippen LogP contribution is -2.37. The average molecular weight is 391 g/mol. The van der Waals surface area contributed by atoms with Crippen LogP contribution in [0.15, 0.2) is 48.5 Å². The Hall–Kier alpha value is -2.17. The van der Waals surface area contributed by atoms with Crippen molar-refractivity contribution >= 4 is 40.6 Å². The second-order valence-electron chi connectivity index (χ2n) is 6.06. The molecule has 1 atom stereocenters. The Bertz CT molecular complexity index is 834. The zero-order valence-corrected chi connectivity index (χ0v) is 15.9. The predicted octanol–water partition coefficient (Wildman–Crippen LogP) is 5.56. The number of nitrogens with two attached hydrogens (primary N) is 1. The Balaban J connectivity index is 2.03. The van der Waals surface area contributed by atoms with E-state index in [0.717, 1.165) is 16.7 Å². The second-order valence-corrected chi connectivity index (χ2v) is 6.94. The molecule has 1 aliphatic heterocycles. The molecule has 3 rings (SSSR count). The lowest BCUT2D eigenvalue weighted by molar-refractivity contribution is 0.0968. The van der Waals surface area contributed by atoms with E-state index in [1.54, 1.807) is 24.0 Å². The topological polar surface area (TPSA) is 55.6 Å². The summed E-state index contributed by atoms with van der Waals surface area (Å²) in [6, 6.07) is 12.6. The highest BCUT2D eigenvalue weighted by atomic mass is 35.5. The van der Waals surface area contributed by atoms with Crippen molar-refractivity contribution in [1.29, 1.82) is 0 Å². The van der Waals surface area contributed by atoms with Crippen LogP contribution in [0, 0.1) is 0 Å². The highest BCUT2D eigenvalue weighted by molar-refractivity contribution is 6.31. The molecule has 1 unspecified atom stereocenters. The van der Waals surface area contributed by atoms with E-state index in [2.05, 4.69) is 0 Å². The van der Waals surface area contributed by atoms with Crippen molar-refractivity contribution < 1.29 is 9.53 Å². The quantitative estimate of drug-likeness (QED) is 0.697. The molecule has 0 aromatic heterocycles. The Kier molecular flexibility index (Phi) is 5.74. The van der Waals surface area contributed by atoms with Crippen LogP contribution in [-0.2, 0) is 4.74 Å². The Labute approximate surface area is 163 Å². The largest absolute Gasteiger partial charge is 0.450 e. The molecular weight excluding hydrogens is 371 g/mol. The molecule has 0 bridgehead atoms. The number of nitrogens with zero attached hydrogens (tertiary/aromatic N) is 1. The molecule has 1 aliphatic rings. The molecular formula is C20H20Cl2N2O2.